The highest BCUT2D eigenvalue weighted by Crippen LogP contribution is 2.18. The number of thioether (sulfide) groups is 1. The number of hydrogen-bond donors (Lipinski definition) is 1. The lowest BCUT2D eigenvalue weighted by molar-refractivity contribution is -0.149. The zero-order valence-electron chi connectivity index (χ0n) is 11.7. The van der Waals surface area contributed by atoms with E-state index in [1.165, 1.54) is 4.90 Å². The molecular weight excluding hydrogens is 290 g/mol. The van der Waals surface area contributed by atoms with Crippen molar-refractivity contribution in [2.24, 2.45) is 0 Å². The van der Waals surface area contributed by atoms with E-state index in [-0.39, 0.29) is 5.91 Å². The van der Waals surface area contributed by atoms with Crippen LogP contribution in [0, 0.1) is 0 Å². The van der Waals surface area contributed by atoms with Gasteiger partial charge in [0.2, 0.25) is 5.91 Å². The maximum absolute atomic E-state index is 12.1. The monoisotopic (exact) mass is 309 g/mol. The maximum Gasteiger partial charge on any atom is 0.327 e. The Morgan fingerprint density at radius 3 is 2.81 bits per heavy atom. The molecule has 0 bridgehead atoms. The van der Waals surface area contributed by atoms with Crippen LogP contribution in [0.15, 0.2) is 30.3 Å². The van der Waals surface area contributed by atoms with Crippen LogP contribution < -0.4 is 4.74 Å². The second-order valence-electron chi connectivity index (χ2n) is 4.78. The van der Waals surface area contributed by atoms with Crippen LogP contribution in [-0.4, -0.2) is 52.6 Å². The zero-order valence-corrected chi connectivity index (χ0v) is 12.6. The Bertz CT molecular complexity index is 480. The molecule has 1 aromatic rings. The predicted octanol–water partition coefficient (Wildman–Crippen LogP) is 1.87. The molecule has 1 atom stereocenters. The molecule has 0 spiro atoms. The summed E-state index contributed by atoms with van der Waals surface area (Å²) in [6, 6.07) is 8.74. The third kappa shape index (κ3) is 4.67. The largest absolute Gasteiger partial charge is 0.494 e. The average molecular weight is 309 g/mol. The standard InChI is InChI=1S/C15H19NO4S/c17-14(16-8-10-21-11-13(16)15(18)19)7-4-9-20-12-5-2-1-3-6-12/h1-3,5-6,13H,4,7-11H2,(H,18,19). The molecule has 1 saturated heterocycles. The third-order valence-electron chi connectivity index (χ3n) is 3.28. The molecule has 1 aliphatic rings. The molecule has 6 heteroatoms. The topological polar surface area (TPSA) is 66.8 Å². The van der Waals surface area contributed by atoms with Crippen LogP contribution in [0.25, 0.3) is 0 Å². The van der Waals surface area contributed by atoms with Gasteiger partial charge < -0.3 is 14.7 Å². The Morgan fingerprint density at radius 2 is 2.10 bits per heavy atom. The van der Waals surface area contributed by atoms with E-state index < -0.39 is 12.0 Å². The first-order valence-electron chi connectivity index (χ1n) is 6.96. The number of para-hydroxylation sites is 1. The number of carbonyl (C=O) groups excluding carboxylic acids is 1. The van der Waals surface area contributed by atoms with E-state index in [9.17, 15) is 9.59 Å². The summed E-state index contributed by atoms with van der Waals surface area (Å²) in [6.45, 7) is 0.968. The van der Waals surface area contributed by atoms with Gasteiger partial charge >= 0.3 is 5.97 Å². The Morgan fingerprint density at radius 1 is 1.33 bits per heavy atom. The Labute approximate surface area is 128 Å². The summed E-state index contributed by atoms with van der Waals surface area (Å²) in [5, 5.41) is 9.15. The Balaban J connectivity index is 1.74. The average Bonchev–Trinajstić information content (AvgIpc) is 2.52. The van der Waals surface area contributed by atoms with Crippen molar-refractivity contribution in [2.75, 3.05) is 24.7 Å². The van der Waals surface area contributed by atoms with Crippen molar-refractivity contribution in [1.82, 2.24) is 4.90 Å². The summed E-state index contributed by atoms with van der Waals surface area (Å²) < 4.78 is 5.53. The van der Waals surface area contributed by atoms with E-state index >= 15 is 0 Å². The van der Waals surface area contributed by atoms with Crippen LogP contribution in [0.1, 0.15) is 12.8 Å². The molecule has 0 saturated carbocycles. The van der Waals surface area contributed by atoms with Crippen molar-refractivity contribution >= 4 is 23.6 Å². The van der Waals surface area contributed by atoms with Crippen LogP contribution in [0.2, 0.25) is 0 Å². The quantitative estimate of drug-likeness (QED) is 0.813. The Hall–Kier alpha value is -1.69. The predicted molar refractivity (Wildman–Crippen MR) is 81.6 cm³/mol. The highest BCUT2D eigenvalue weighted by atomic mass is 32.2. The number of benzene rings is 1. The van der Waals surface area contributed by atoms with Crippen molar-refractivity contribution in [3.8, 4) is 5.75 Å². The summed E-state index contributed by atoms with van der Waals surface area (Å²) in [4.78, 5) is 24.8. The van der Waals surface area contributed by atoms with E-state index in [0.717, 1.165) is 11.5 Å². The van der Waals surface area contributed by atoms with E-state index in [1.807, 2.05) is 30.3 Å². The van der Waals surface area contributed by atoms with Crippen molar-refractivity contribution in [1.29, 1.82) is 0 Å². The molecule has 1 N–H and O–H groups in total. The molecule has 0 radical (unpaired) electrons. The fraction of sp³-hybridized carbons (Fsp3) is 0.467. The van der Waals surface area contributed by atoms with E-state index in [0.29, 0.717) is 31.7 Å². The molecule has 1 fully saturated rings. The van der Waals surface area contributed by atoms with Gasteiger partial charge in [0.1, 0.15) is 11.8 Å². The van der Waals surface area contributed by atoms with Gasteiger partial charge in [0.25, 0.3) is 0 Å². The van der Waals surface area contributed by atoms with Gasteiger partial charge in [-0.25, -0.2) is 4.79 Å². The van der Waals surface area contributed by atoms with Crippen molar-refractivity contribution in [2.45, 2.75) is 18.9 Å². The van der Waals surface area contributed by atoms with Gasteiger partial charge in [-0.05, 0) is 18.6 Å². The van der Waals surface area contributed by atoms with Crippen LogP contribution in [0.5, 0.6) is 5.75 Å². The third-order valence-corrected chi connectivity index (χ3v) is 4.30. The van der Waals surface area contributed by atoms with Gasteiger partial charge in [0, 0.05) is 24.5 Å². The van der Waals surface area contributed by atoms with Gasteiger partial charge in [-0.2, -0.15) is 11.8 Å². The van der Waals surface area contributed by atoms with Crippen LogP contribution in [-0.2, 0) is 9.59 Å². The van der Waals surface area contributed by atoms with Crippen LogP contribution >= 0.6 is 11.8 Å². The Kier molecular flexibility index (Phi) is 5.92. The van der Waals surface area contributed by atoms with Crippen molar-refractivity contribution in [3.63, 3.8) is 0 Å². The number of carboxylic acid groups (broad SMARTS) is 1. The van der Waals surface area contributed by atoms with E-state index in [4.69, 9.17) is 9.84 Å². The maximum atomic E-state index is 12.1. The number of carbonyl (C=O) groups is 2. The number of nitrogens with zero attached hydrogens (tertiary/aromatic N) is 1. The minimum absolute atomic E-state index is 0.0978. The lowest BCUT2D eigenvalue weighted by atomic mass is 10.2. The minimum Gasteiger partial charge on any atom is -0.494 e. The molecule has 1 aromatic carbocycles. The highest BCUT2D eigenvalue weighted by molar-refractivity contribution is 7.99. The lowest BCUT2D eigenvalue weighted by Gasteiger charge is -2.32. The summed E-state index contributed by atoms with van der Waals surface area (Å²) in [7, 11) is 0. The normalized spacial score (nSPS) is 18.3. The molecule has 0 aliphatic carbocycles. The molecule has 1 heterocycles. The summed E-state index contributed by atoms with van der Waals surface area (Å²) >= 11 is 1.58. The van der Waals surface area contributed by atoms with Gasteiger partial charge in [-0.1, -0.05) is 18.2 Å². The van der Waals surface area contributed by atoms with Gasteiger partial charge in [-0.15, -0.1) is 0 Å². The molecule has 2 rings (SSSR count). The van der Waals surface area contributed by atoms with Crippen molar-refractivity contribution in [3.05, 3.63) is 30.3 Å². The fourth-order valence-corrected chi connectivity index (χ4v) is 3.22. The number of amides is 1. The number of ether oxygens (including phenoxy) is 1. The fourth-order valence-electron chi connectivity index (χ4n) is 2.18. The van der Waals surface area contributed by atoms with Crippen LogP contribution in [0.4, 0.5) is 0 Å². The molecule has 114 valence electrons. The summed E-state index contributed by atoms with van der Waals surface area (Å²) in [5.41, 5.74) is 0. The smallest absolute Gasteiger partial charge is 0.327 e. The second-order valence-corrected chi connectivity index (χ2v) is 5.93. The molecule has 21 heavy (non-hydrogen) atoms. The molecule has 1 aliphatic heterocycles. The summed E-state index contributed by atoms with van der Waals surface area (Å²) in [6.07, 6.45) is 0.908. The first kappa shape index (κ1) is 15.7. The number of rotatable bonds is 6. The van der Waals surface area contributed by atoms with Crippen molar-refractivity contribution < 1.29 is 19.4 Å². The van der Waals surface area contributed by atoms with Gasteiger partial charge in [-0.3, -0.25) is 4.79 Å². The molecule has 5 nitrogen and oxygen atoms in total. The second kappa shape index (κ2) is 7.93. The summed E-state index contributed by atoms with van der Waals surface area (Å²) in [5.74, 6) is 1.04. The number of aliphatic carboxylic acids is 1. The zero-order chi connectivity index (χ0) is 15.1. The molecule has 1 unspecified atom stereocenters. The lowest BCUT2D eigenvalue weighted by Crippen LogP contribution is -2.50. The van der Waals surface area contributed by atoms with Gasteiger partial charge in [0.05, 0.1) is 6.61 Å². The SMILES string of the molecule is O=C(O)C1CSCCN1C(=O)CCCOc1ccccc1. The molecule has 0 aromatic heterocycles. The highest BCUT2D eigenvalue weighted by Gasteiger charge is 2.31. The van der Waals surface area contributed by atoms with E-state index in [2.05, 4.69) is 0 Å². The first-order valence-corrected chi connectivity index (χ1v) is 8.12. The first-order chi connectivity index (χ1) is 10.2. The molecule has 1 amide bonds. The van der Waals surface area contributed by atoms with Crippen LogP contribution in [0.3, 0.4) is 0 Å². The minimum atomic E-state index is -0.920. The number of hydrogen-bond acceptors (Lipinski definition) is 4. The number of carboxylic acids is 1. The molecular formula is C15H19NO4S. The van der Waals surface area contributed by atoms with E-state index in [1.54, 1.807) is 11.8 Å². The van der Waals surface area contributed by atoms with Gasteiger partial charge in [0.15, 0.2) is 0 Å².